The maximum Gasteiger partial charge on any atom is 0.306 e. The van der Waals surface area contributed by atoms with Gasteiger partial charge in [-0.2, -0.15) is 0 Å². The van der Waals surface area contributed by atoms with Crippen molar-refractivity contribution >= 4 is 17.9 Å². The van der Waals surface area contributed by atoms with Crippen molar-refractivity contribution in [3.63, 3.8) is 0 Å². The smallest absolute Gasteiger partial charge is 0.306 e. The number of esters is 1. The summed E-state index contributed by atoms with van der Waals surface area (Å²) in [6.45, 7) is 0.892. The fraction of sp³-hybridized carbons (Fsp3) is 0.848. The van der Waals surface area contributed by atoms with Gasteiger partial charge in [-0.3, -0.25) is 14.4 Å². The molecule has 0 spiro atoms. The molecule has 0 saturated heterocycles. The van der Waals surface area contributed by atoms with Crippen LogP contribution >= 0.6 is 0 Å². The van der Waals surface area contributed by atoms with Gasteiger partial charge in [-0.15, -0.1) is 0 Å². The molecule has 0 aromatic rings. The minimum atomic E-state index is -0.718. The number of allylic oxidation sites excluding steroid dienone is 2. The Kier molecular flexibility index (Phi) is 27.3. The molecule has 0 amide bonds. The number of carboxylic acids is 2. The van der Waals surface area contributed by atoms with Gasteiger partial charge in [0.2, 0.25) is 0 Å². The molecule has 0 fully saturated rings. The van der Waals surface area contributed by atoms with Gasteiger partial charge in [0, 0.05) is 19.3 Å². The van der Waals surface area contributed by atoms with E-state index in [1.54, 1.807) is 0 Å². The molecule has 7 nitrogen and oxygen atoms in total. The van der Waals surface area contributed by atoms with Gasteiger partial charge < -0.3 is 19.8 Å². The standard InChI is InChI=1S/C33H61NO6/c1-34(2)29-23-28-33(39)40-30(25-20-16-14-18-22-27-32(37)38)24-19-15-12-10-8-6-4-3-5-7-9-11-13-17-21-26-31(35)36/h3,5,30H,4,6-29H2,1-2H3,(H,35,36)(H,37,38)/b5-3-. The lowest BCUT2D eigenvalue weighted by atomic mass is 10.0. The highest BCUT2D eigenvalue weighted by Crippen LogP contribution is 2.18. The molecule has 0 aromatic heterocycles. The van der Waals surface area contributed by atoms with Crippen LogP contribution < -0.4 is 0 Å². The van der Waals surface area contributed by atoms with Gasteiger partial charge in [0.15, 0.2) is 0 Å². The summed E-state index contributed by atoms with van der Waals surface area (Å²) in [5, 5.41) is 17.4. The number of aliphatic carboxylic acids is 2. The number of carbonyl (C=O) groups excluding carboxylic acids is 1. The maximum atomic E-state index is 12.3. The van der Waals surface area contributed by atoms with E-state index < -0.39 is 11.9 Å². The van der Waals surface area contributed by atoms with Crippen molar-refractivity contribution in [2.24, 2.45) is 0 Å². The molecular formula is C33H61NO6. The van der Waals surface area contributed by atoms with Crippen molar-refractivity contribution in [1.29, 1.82) is 0 Å². The second kappa shape index (κ2) is 28.6. The zero-order valence-corrected chi connectivity index (χ0v) is 25.9. The molecule has 234 valence electrons. The normalized spacial score (nSPS) is 12.3. The van der Waals surface area contributed by atoms with Crippen LogP contribution in [0.25, 0.3) is 0 Å². The molecule has 0 aliphatic carbocycles. The van der Waals surface area contributed by atoms with Crippen molar-refractivity contribution in [3.8, 4) is 0 Å². The van der Waals surface area contributed by atoms with Gasteiger partial charge >= 0.3 is 17.9 Å². The van der Waals surface area contributed by atoms with Crippen LogP contribution in [-0.4, -0.2) is 59.8 Å². The van der Waals surface area contributed by atoms with E-state index in [2.05, 4.69) is 17.1 Å². The first-order chi connectivity index (χ1) is 19.3. The van der Waals surface area contributed by atoms with Crippen LogP contribution in [0.4, 0.5) is 0 Å². The van der Waals surface area contributed by atoms with E-state index in [1.807, 2.05) is 14.1 Å². The van der Waals surface area contributed by atoms with E-state index in [-0.39, 0.29) is 18.5 Å². The summed E-state index contributed by atoms with van der Waals surface area (Å²) in [5.74, 6) is -1.48. The van der Waals surface area contributed by atoms with E-state index in [1.165, 1.54) is 44.9 Å². The lowest BCUT2D eigenvalue weighted by molar-refractivity contribution is -0.150. The Labute approximate surface area is 245 Å². The van der Waals surface area contributed by atoms with Crippen molar-refractivity contribution in [2.45, 2.75) is 160 Å². The first-order valence-electron chi connectivity index (χ1n) is 16.2. The van der Waals surface area contributed by atoms with Gasteiger partial charge in [0.25, 0.3) is 0 Å². The van der Waals surface area contributed by atoms with Gasteiger partial charge in [-0.25, -0.2) is 0 Å². The molecule has 1 unspecified atom stereocenters. The van der Waals surface area contributed by atoms with E-state index in [4.69, 9.17) is 14.9 Å². The number of hydrogen-bond donors (Lipinski definition) is 2. The lowest BCUT2D eigenvalue weighted by Gasteiger charge is -2.18. The van der Waals surface area contributed by atoms with E-state index >= 15 is 0 Å². The Morgan fingerprint density at radius 1 is 0.575 bits per heavy atom. The summed E-state index contributed by atoms with van der Waals surface area (Å²) in [6, 6.07) is 0. The van der Waals surface area contributed by atoms with Gasteiger partial charge in [-0.1, -0.05) is 76.4 Å². The van der Waals surface area contributed by atoms with E-state index in [9.17, 15) is 14.4 Å². The highest BCUT2D eigenvalue weighted by Gasteiger charge is 2.14. The number of nitrogens with zero attached hydrogens (tertiary/aromatic N) is 1. The monoisotopic (exact) mass is 567 g/mol. The molecule has 40 heavy (non-hydrogen) atoms. The molecule has 0 heterocycles. The Bertz CT molecular complexity index is 649. The molecule has 0 saturated carbocycles. The maximum absolute atomic E-state index is 12.3. The molecule has 0 aliphatic rings. The molecule has 2 N–H and O–H groups in total. The number of hydrogen-bond acceptors (Lipinski definition) is 5. The zero-order chi connectivity index (χ0) is 29.7. The van der Waals surface area contributed by atoms with Crippen LogP contribution in [0.3, 0.4) is 0 Å². The number of unbranched alkanes of at least 4 members (excludes halogenated alkanes) is 15. The molecular weight excluding hydrogens is 506 g/mol. The van der Waals surface area contributed by atoms with Crippen LogP contribution in [0.15, 0.2) is 12.2 Å². The van der Waals surface area contributed by atoms with Crippen molar-refractivity contribution in [3.05, 3.63) is 12.2 Å². The molecule has 7 heteroatoms. The van der Waals surface area contributed by atoms with Crippen molar-refractivity contribution < 1.29 is 29.3 Å². The number of ether oxygens (including phenoxy) is 1. The third kappa shape index (κ3) is 30.6. The molecule has 0 bridgehead atoms. The van der Waals surface area contributed by atoms with Crippen LogP contribution in [0.2, 0.25) is 0 Å². The third-order valence-corrected chi connectivity index (χ3v) is 7.28. The van der Waals surface area contributed by atoms with Crippen LogP contribution in [-0.2, 0) is 19.1 Å². The fourth-order valence-corrected chi connectivity index (χ4v) is 4.87. The zero-order valence-electron chi connectivity index (χ0n) is 25.9. The van der Waals surface area contributed by atoms with E-state index in [0.717, 1.165) is 96.4 Å². The SMILES string of the molecule is CN(C)CCCC(=O)OC(CCCCCCCC/C=C\CCCCCCCC(=O)O)CCCCCCCC(=O)O. The Balaban J connectivity index is 3.90. The van der Waals surface area contributed by atoms with Crippen molar-refractivity contribution in [1.82, 2.24) is 4.90 Å². The average Bonchev–Trinajstić information content (AvgIpc) is 2.89. The molecule has 1 atom stereocenters. The second-order valence-corrected chi connectivity index (χ2v) is 11.6. The van der Waals surface area contributed by atoms with Crippen LogP contribution in [0.5, 0.6) is 0 Å². The Morgan fingerprint density at radius 2 is 0.975 bits per heavy atom. The van der Waals surface area contributed by atoms with Crippen LogP contribution in [0, 0.1) is 0 Å². The number of carboxylic acid groups (broad SMARTS) is 2. The first kappa shape index (κ1) is 38.1. The second-order valence-electron chi connectivity index (χ2n) is 11.6. The summed E-state index contributed by atoms with van der Waals surface area (Å²) in [6.07, 6.45) is 28.1. The topological polar surface area (TPSA) is 104 Å². The molecule has 0 aromatic carbocycles. The summed E-state index contributed by atoms with van der Waals surface area (Å²) in [7, 11) is 4.03. The van der Waals surface area contributed by atoms with Gasteiger partial charge in [0.05, 0.1) is 0 Å². The minimum Gasteiger partial charge on any atom is -0.481 e. The number of carbonyl (C=O) groups is 3. The molecule has 0 radical (unpaired) electrons. The summed E-state index contributed by atoms with van der Waals surface area (Å²) >= 11 is 0. The minimum absolute atomic E-state index is 0.0146. The Morgan fingerprint density at radius 3 is 1.40 bits per heavy atom. The quantitative estimate of drug-likeness (QED) is 0.0509. The summed E-state index contributed by atoms with van der Waals surface area (Å²) < 4.78 is 5.86. The summed E-state index contributed by atoms with van der Waals surface area (Å²) in [4.78, 5) is 35.5. The van der Waals surface area contributed by atoms with Crippen molar-refractivity contribution in [2.75, 3.05) is 20.6 Å². The number of rotatable bonds is 30. The fourth-order valence-electron chi connectivity index (χ4n) is 4.87. The van der Waals surface area contributed by atoms with Crippen LogP contribution in [0.1, 0.15) is 154 Å². The lowest BCUT2D eigenvalue weighted by Crippen LogP contribution is -2.20. The molecule has 0 aliphatic heterocycles. The van der Waals surface area contributed by atoms with Gasteiger partial charge in [0.1, 0.15) is 6.10 Å². The Hall–Kier alpha value is -1.89. The predicted octanol–water partition coefficient (Wildman–Crippen LogP) is 8.55. The highest BCUT2D eigenvalue weighted by molar-refractivity contribution is 5.69. The average molecular weight is 568 g/mol. The largest absolute Gasteiger partial charge is 0.481 e. The van der Waals surface area contributed by atoms with E-state index in [0.29, 0.717) is 12.8 Å². The van der Waals surface area contributed by atoms with Gasteiger partial charge in [-0.05, 0) is 91.3 Å². The summed E-state index contributed by atoms with van der Waals surface area (Å²) in [5.41, 5.74) is 0. The predicted molar refractivity (Wildman–Crippen MR) is 164 cm³/mol. The molecule has 0 rings (SSSR count). The third-order valence-electron chi connectivity index (χ3n) is 7.28. The first-order valence-corrected chi connectivity index (χ1v) is 16.2. The highest BCUT2D eigenvalue weighted by atomic mass is 16.5.